The number of rotatable bonds is 8. The molecule has 1 atom stereocenters. The van der Waals surface area contributed by atoms with Crippen LogP contribution in [-0.4, -0.2) is 36.4 Å². The van der Waals surface area contributed by atoms with E-state index in [2.05, 4.69) is 18.7 Å². The molecule has 0 aromatic heterocycles. The average molecular weight is 297 g/mol. The highest BCUT2D eigenvalue weighted by Gasteiger charge is 2.23. The third-order valence-electron chi connectivity index (χ3n) is 3.69. The predicted octanol–water partition coefficient (Wildman–Crippen LogP) is 3.66. The summed E-state index contributed by atoms with van der Waals surface area (Å²) in [7, 11) is 0. The second kappa shape index (κ2) is 8.35. The molecule has 22 heavy (non-hydrogen) atoms. The lowest BCUT2D eigenvalue weighted by Crippen LogP contribution is -2.40. The van der Waals surface area contributed by atoms with E-state index in [0.29, 0.717) is 12.1 Å². The molecule has 2 rings (SSSR count). The van der Waals surface area contributed by atoms with Crippen LogP contribution in [0.3, 0.4) is 0 Å². The van der Waals surface area contributed by atoms with Gasteiger partial charge in [-0.1, -0.05) is 62.4 Å². The highest BCUT2D eigenvalue weighted by Crippen LogP contribution is 2.15. The van der Waals surface area contributed by atoms with Gasteiger partial charge in [0.2, 0.25) is 5.78 Å². The third kappa shape index (κ3) is 4.43. The summed E-state index contributed by atoms with van der Waals surface area (Å²) < 4.78 is 5.97. The van der Waals surface area contributed by atoms with E-state index in [4.69, 9.17) is 4.74 Å². The first kappa shape index (κ1) is 16.2. The Hall–Kier alpha value is -2.13. The molecule has 0 N–H and O–H groups in total. The Kier molecular flexibility index (Phi) is 6.16. The molecule has 0 heterocycles. The zero-order chi connectivity index (χ0) is 15.8. The van der Waals surface area contributed by atoms with Crippen molar-refractivity contribution in [2.24, 2.45) is 0 Å². The summed E-state index contributed by atoms with van der Waals surface area (Å²) in [6.07, 6.45) is -0.496. The van der Waals surface area contributed by atoms with Crippen LogP contribution < -0.4 is 4.74 Å². The Labute approximate surface area is 132 Å². The molecule has 0 fully saturated rings. The van der Waals surface area contributed by atoms with E-state index in [1.54, 1.807) is 0 Å². The van der Waals surface area contributed by atoms with Crippen LogP contribution >= 0.6 is 0 Å². The first-order chi connectivity index (χ1) is 10.7. The summed E-state index contributed by atoms with van der Waals surface area (Å²) >= 11 is 0. The molecule has 3 nitrogen and oxygen atoms in total. The summed E-state index contributed by atoms with van der Waals surface area (Å²) in [6.45, 7) is 6.57. The monoisotopic (exact) mass is 297 g/mol. The molecule has 0 amide bonds. The minimum absolute atomic E-state index is 0.0244. The number of carbonyl (C=O) groups excluding carboxylic acids is 1. The van der Waals surface area contributed by atoms with Gasteiger partial charge in [0, 0.05) is 12.1 Å². The molecule has 0 radical (unpaired) electrons. The van der Waals surface area contributed by atoms with Gasteiger partial charge in [-0.15, -0.1) is 0 Å². The number of carbonyl (C=O) groups is 1. The Bertz CT molecular complexity index is 565. The van der Waals surface area contributed by atoms with Crippen molar-refractivity contribution in [1.29, 1.82) is 0 Å². The van der Waals surface area contributed by atoms with Gasteiger partial charge in [-0.2, -0.15) is 0 Å². The van der Waals surface area contributed by atoms with E-state index in [1.807, 2.05) is 60.7 Å². The van der Waals surface area contributed by atoms with Crippen molar-refractivity contribution in [2.45, 2.75) is 20.0 Å². The molecule has 0 aliphatic rings. The molecule has 0 saturated heterocycles. The molecular weight excluding hydrogens is 274 g/mol. The van der Waals surface area contributed by atoms with Gasteiger partial charge in [0.1, 0.15) is 5.75 Å². The van der Waals surface area contributed by atoms with Gasteiger partial charge in [0.15, 0.2) is 6.10 Å². The molecule has 0 bridgehead atoms. The number of nitrogens with zero attached hydrogens (tertiary/aromatic N) is 1. The van der Waals surface area contributed by atoms with Gasteiger partial charge >= 0.3 is 0 Å². The maximum atomic E-state index is 12.8. The molecule has 116 valence electrons. The quantitative estimate of drug-likeness (QED) is 0.696. The highest BCUT2D eigenvalue weighted by atomic mass is 16.5. The van der Waals surface area contributed by atoms with Crippen LogP contribution in [0.2, 0.25) is 0 Å². The first-order valence-corrected chi connectivity index (χ1v) is 7.78. The molecule has 0 aliphatic carbocycles. The number of likely N-dealkylation sites (N-methyl/N-ethyl adjacent to an activating group) is 1. The number of benzene rings is 2. The fraction of sp³-hybridized carbons (Fsp3) is 0.316. The molecule has 2 aromatic carbocycles. The van der Waals surface area contributed by atoms with Crippen LogP contribution in [-0.2, 0) is 0 Å². The lowest BCUT2D eigenvalue weighted by molar-refractivity contribution is 0.0715. The van der Waals surface area contributed by atoms with E-state index >= 15 is 0 Å². The van der Waals surface area contributed by atoms with E-state index in [-0.39, 0.29) is 5.78 Å². The molecule has 0 spiro atoms. The summed E-state index contributed by atoms with van der Waals surface area (Å²) in [5, 5.41) is 0. The Morgan fingerprint density at radius 3 is 2.05 bits per heavy atom. The van der Waals surface area contributed by atoms with Gasteiger partial charge < -0.3 is 4.74 Å². The number of hydrogen-bond donors (Lipinski definition) is 0. The summed E-state index contributed by atoms with van der Waals surface area (Å²) in [5.74, 6) is 0.750. The number of hydrogen-bond acceptors (Lipinski definition) is 3. The molecular formula is C19H23NO2. The number of para-hydroxylation sites is 1. The zero-order valence-corrected chi connectivity index (χ0v) is 13.2. The third-order valence-corrected chi connectivity index (χ3v) is 3.69. The van der Waals surface area contributed by atoms with Gasteiger partial charge in [-0.05, 0) is 25.2 Å². The average Bonchev–Trinajstić information content (AvgIpc) is 2.59. The lowest BCUT2D eigenvalue weighted by Gasteiger charge is -2.25. The first-order valence-electron chi connectivity index (χ1n) is 7.78. The lowest BCUT2D eigenvalue weighted by atomic mass is 10.1. The minimum Gasteiger partial charge on any atom is -0.481 e. The molecule has 0 aliphatic heterocycles. The van der Waals surface area contributed by atoms with Crippen LogP contribution in [0, 0.1) is 0 Å². The predicted molar refractivity (Wildman–Crippen MR) is 89.4 cm³/mol. The van der Waals surface area contributed by atoms with Gasteiger partial charge in [-0.25, -0.2) is 0 Å². The van der Waals surface area contributed by atoms with E-state index in [1.165, 1.54) is 0 Å². The second-order valence-electron chi connectivity index (χ2n) is 5.14. The second-order valence-corrected chi connectivity index (χ2v) is 5.14. The van der Waals surface area contributed by atoms with E-state index in [9.17, 15) is 4.79 Å². The van der Waals surface area contributed by atoms with Crippen LogP contribution in [0.4, 0.5) is 0 Å². The van der Waals surface area contributed by atoms with Crippen molar-refractivity contribution in [3.63, 3.8) is 0 Å². The highest BCUT2D eigenvalue weighted by molar-refractivity contribution is 5.99. The van der Waals surface area contributed by atoms with Crippen molar-refractivity contribution in [3.8, 4) is 5.75 Å². The van der Waals surface area contributed by atoms with Crippen LogP contribution in [0.15, 0.2) is 60.7 Å². The van der Waals surface area contributed by atoms with Crippen LogP contribution in [0.25, 0.3) is 0 Å². The SMILES string of the molecule is CCN(CC)C[C@@H](Oc1ccccc1)C(=O)c1ccccc1. The van der Waals surface area contributed by atoms with Crippen molar-refractivity contribution < 1.29 is 9.53 Å². The topological polar surface area (TPSA) is 29.5 Å². The molecule has 2 aromatic rings. The molecule has 0 saturated carbocycles. The smallest absolute Gasteiger partial charge is 0.204 e. The van der Waals surface area contributed by atoms with Crippen molar-refractivity contribution in [1.82, 2.24) is 4.90 Å². The fourth-order valence-corrected chi connectivity index (χ4v) is 2.34. The molecule has 0 unspecified atom stereocenters. The largest absolute Gasteiger partial charge is 0.481 e. The van der Waals surface area contributed by atoms with E-state index in [0.717, 1.165) is 18.8 Å². The normalized spacial score (nSPS) is 12.1. The number of ketones is 1. The van der Waals surface area contributed by atoms with Crippen molar-refractivity contribution >= 4 is 5.78 Å². The van der Waals surface area contributed by atoms with Gasteiger partial charge in [-0.3, -0.25) is 9.69 Å². The van der Waals surface area contributed by atoms with E-state index < -0.39 is 6.10 Å². The maximum Gasteiger partial charge on any atom is 0.204 e. The summed E-state index contributed by atoms with van der Waals surface area (Å²) in [6, 6.07) is 18.9. The molecule has 3 heteroatoms. The van der Waals surface area contributed by atoms with Crippen LogP contribution in [0.1, 0.15) is 24.2 Å². The van der Waals surface area contributed by atoms with Crippen molar-refractivity contribution in [2.75, 3.05) is 19.6 Å². The fourth-order valence-electron chi connectivity index (χ4n) is 2.34. The summed E-state index contributed by atoms with van der Waals surface area (Å²) in [5.41, 5.74) is 0.690. The standard InChI is InChI=1S/C19H23NO2/c1-3-20(4-2)15-18(22-17-13-9-6-10-14-17)19(21)16-11-7-5-8-12-16/h5-14,18H,3-4,15H2,1-2H3/t18-/m1/s1. The van der Waals surface area contributed by atoms with Crippen LogP contribution in [0.5, 0.6) is 5.75 Å². The number of Topliss-reactive ketones (excluding diaryl/α,β-unsaturated/α-hetero) is 1. The Morgan fingerprint density at radius 2 is 1.50 bits per heavy atom. The summed E-state index contributed by atoms with van der Waals surface area (Å²) in [4.78, 5) is 15.0. The zero-order valence-electron chi connectivity index (χ0n) is 13.2. The maximum absolute atomic E-state index is 12.8. The number of ether oxygens (including phenoxy) is 1. The van der Waals surface area contributed by atoms with Crippen molar-refractivity contribution in [3.05, 3.63) is 66.2 Å². The van der Waals surface area contributed by atoms with Gasteiger partial charge in [0.05, 0.1) is 0 Å². The van der Waals surface area contributed by atoms with Gasteiger partial charge in [0.25, 0.3) is 0 Å². The Morgan fingerprint density at radius 1 is 0.955 bits per heavy atom. The minimum atomic E-state index is -0.496. The Balaban J connectivity index is 2.19.